The summed E-state index contributed by atoms with van der Waals surface area (Å²) in [7, 11) is -10.2. The molecule has 0 N–H and O–H groups in total. The van der Waals surface area contributed by atoms with Crippen molar-refractivity contribution < 1.29 is 16.5 Å². The van der Waals surface area contributed by atoms with Gasteiger partial charge in [-0.1, -0.05) is 11.1 Å². The molecule has 100 valence electrons. The van der Waals surface area contributed by atoms with Gasteiger partial charge < -0.3 is 16.5 Å². The van der Waals surface area contributed by atoms with Crippen molar-refractivity contribution in [1.29, 1.82) is 0 Å². The number of hydrogen-bond acceptors (Lipinski definition) is 4. The van der Waals surface area contributed by atoms with Gasteiger partial charge in [-0.2, -0.15) is 0 Å². The molecule has 0 aromatic carbocycles. The normalized spacial score (nSPS) is 38.9. The molecule has 18 heavy (non-hydrogen) atoms. The molecule has 0 aromatic heterocycles. The van der Waals surface area contributed by atoms with Crippen molar-refractivity contribution in [1.82, 2.24) is 0 Å². The molecule has 0 bridgehead atoms. The molecule has 0 amide bonds. The van der Waals surface area contributed by atoms with Gasteiger partial charge in [0.05, 0.1) is 0 Å². The van der Waals surface area contributed by atoms with Crippen molar-refractivity contribution in [3.63, 3.8) is 0 Å². The van der Waals surface area contributed by atoms with E-state index in [-0.39, 0.29) is 0 Å². The van der Waals surface area contributed by atoms with Gasteiger partial charge in [-0.15, -0.1) is 12.8 Å². The van der Waals surface area contributed by atoms with Gasteiger partial charge in [0.1, 0.15) is 0 Å². The summed E-state index contributed by atoms with van der Waals surface area (Å²) < 4.78 is 24.2. The molecule has 1 aliphatic heterocycles. The average Bonchev–Trinajstić information content (AvgIpc) is 2.11. The Kier molecular flexibility index (Phi) is 4.18. The van der Waals surface area contributed by atoms with Crippen LogP contribution in [0.5, 0.6) is 0 Å². The molecule has 0 atom stereocenters. The van der Waals surface area contributed by atoms with Gasteiger partial charge in [0.25, 0.3) is 0 Å². The summed E-state index contributed by atoms with van der Waals surface area (Å²) in [6.07, 6.45) is 11.1. The number of terminal acetylenes is 2. The van der Waals surface area contributed by atoms with Crippen LogP contribution in [0.25, 0.3) is 0 Å². The van der Waals surface area contributed by atoms with Crippen LogP contribution in [-0.4, -0.2) is 34.2 Å². The summed E-state index contributed by atoms with van der Waals surface area (Å²) in [5.74, 6) is 0. The van der Waals surface area contributed by atoms with Gasteiger partial charge in [-0.05, 0) is 39.3 Å². The minimum Gasteiger partial charge on any atom is -0.406 e. The summed E-state index contributed by atoms with van der Waals surface area (Å²) in [5, 5.41) is 0. The van der Waals surface area contributed by atoms with E-state index in [4.69, 9.17) is 29.3 Å². The zero-order chi connectivity index (χ0) is 14.2. The molecule has 1 rings (SSSR count). The maximum Gasteiger partial charge on any atom is 0.402 e. The Balaban J connectivity index is 3.16. The zero-order valence-corrected chi connectivity index (χ0v) is 15.8. The number of hydrogen-bond donors (Lipinski definition) is 0. The highest BCUT2D eigenvalue weighted by molar-refractivity contribution is 6.97. The largest absolute Gasteiger partial charge is 0.406 e. The smallest absolute Gasteiger partial charge is 0.402 e. The monoisotopic (exact) mass is 316 g/mol. The average molecular weight is 317 g/mol. The van der Waals surface area contributed by atoms with Crippen molar-refractivity contribution in [2.75, 3.05) is 0 Å². The Bertz CT molecular complexity index is 365. The van der Waals surface area contributed by atoms with E-state index < -0.39 is 34.2 Å². The zero-order valence-electron chi connectivity index (χ0n) is 11.8. The summed E-state index contributed by atoms with van der Waals surface area (Å²) in [6, 6.07) is 0. The lowest BCUT2D eigenvalue weighted by Gasteiger charge is -2.44. The first-order valence-electron chi connectivity index (χ1n) is 5.71. The molecule has 1 saturated heterocycles. The third-order valence-corrected chi connectivity index (χ3v) is 17.4. The molecular formula is C10H20O4Si4. The van der Waals surface area contributed by atoms with E-state index in [0.717, 1.165) is 0 Å². The van der Waals surface area contributed by atoms with E-state index >= 15 is 0 Å². The molecule has 8 heteroatoms. The highest BCUT2D eigenvalue weighted by Crippen LogP contribution is 2.29. The molecule has 1 fully saturated rings. The van der Waals surface area contributed by atoms with E-state index in [1.807, 2.05) is 39.3 Å². The van der Waals surface area contributed by atoms with Gasteiger partial charge in [0.2, 0.25) is 0 Å². The molecule has 0 aliphatic carbocycles. The quantitative estimate of drug-likeness (QED) is 0.506. The SMILES string of the molecule is C#C[Si]1(C)O[Si](C)(C)O[Si](C)(C#C)O[Si](C)(C)O1. The highest BCUT2D eigenvalue weighted by Gasteiger charge is 2.53. The third-order valence-electron chi connectivity index (χ3n) is 2.29. The first-order chi connectivity index (χ1) is 7.95. The fraction of sp³-hybridized carbons (Fsp3) is 0.600. The molecule has 1 aliphatic rings. The summed E-state index contributed by atoms with van der Waals surface area (Å²) >= 11 is 0. The predicted molar refractivity (Wildman–Crippen MR) is 80.2 cm³/mol. The summed E-state index contributed by atoms with van der Waals surface area (Å²) in [6.45, 7) is 11.4. The minimum absolute atomic E-state index is 1.85. The Labute approximate surface area is 114 Å². The maximum absolute atomic E-state index is 6.04. The molecule has 0 radical (unpaired) electrons. The van der Waals surface area contributed by atoms with Crippen LogP contribution >= 0.6 is 0 Å². The van der Waals surface area contributed by atoms with Crippen molar-refractivity contribution in [2.45, 2.75) is 39.3 Å². The first kappa shape index (κ1) is 15.9. The molecule has 1 heterocycles. The van der Waals surface area contributed by atoms with Crippen LogP contribution in [0.4, 0.5) is 0 Å². The van der Waals surface area contributed by atoms with Crippen LogP contribution in [0.3, 0.4) is 0 Å². The van der Waals surface area contributed by atoms with E-state index in [1.54, 1.807) is 0 Å². The lowest BCUT2D eigenvalue weighted by atomic mass is 11.4. The van der Waals surface area contributed by atoms with E-state index in [0.29, 0.717) is 0 Å². The van der Waals surface area contributed by atoms with Crippen LogP contribution in [-0.2, 0) is 16.5 Å². The standard InChI is InChI=1S/C10H20O4Si4/c1-9-17(7)11-15(3,4)13-18(8,10-2)14-16(5,6)12-17/h1-2H,3-8H3. The summed E-state index contributed by atoms with van der Waals surface area (Å²) in [5.41, 5.74) is 5.34. The van der Waals surface area contributed by atoms with Crippen LogP contribution < -0.4 is 0 Å². The van der Waals surface area contributed by atoms with Crippen molar-refractivity contribution in [3.8, 4) is 23.9 Å². The third kappa shape index (κ3) is 3.91. The molecule has 0 aromatic rings. The fourth-order valence-electron chi connectivity index (χ4n) is 2.08. The van der Waals surface area contributed by atoms with Crippen LogP contribution in [0.1, 0.15) is 0 Å². The Morgan fingerprint density at radius 3 is 1.00 bits per heavy atom. The second-order valence-corrected chi connectivity index (χ2v) is 18.6. The van der Waals surface area contributed by atoms with E-state index in [9.17, 15) is 0 Å². The van der Waals surface area contributed by atoms with Crippen LogP contribution in [0, 0.1) is 23.9 Å². The Morgan fingerprint density at radius 2 is 0.833 bits per heavy atom. The van der Waals surface area contributed by atoms with Crippen molar-refractivity contribution in [3.05, 3.63) is 0 Å². The fourth-order valence-corrected chi connectivity index (χ4v) is 20.2. The lowest BCUT2D eigenvalue weighted by Crippen LogP contribution is -2.65. The maximum atomic E-state index is 6.04. The van der Waals surface area contributed by atoms with Gasteiger partial charge in [-0.25, -0.2) is 0 Å². The second kappa shape index (κ2) is 4.74. The lowest BCUT2D eigenvalue weighted by molar-refractivity contribution is 0.247. The summed E-state index contributed by atoms with van der Waals surface area (Å²) in [4.78, 5) is 0. The Morgan fingerprint density at radius 1 is 0.611 bits per heavy atom. The molecule has 0 saturated carbocycles. The van der Waals surface area contributed by atoms with E-state index in [2.05, 4.69) is 11.1 Å². The molecule has 0 spiro atoms. The van der Waals surface area contributed by atoms with Crippen LogP contribution in [0.15, 0.2) is 0 Å². The van der Waals surface area contributed by atoms with Crippen molar-refractivity contribution in [2.24, 2.45) is 0 Å². The van der Waals surface area contributed by atoms with Gasteiger partial charge in [-0.3, -0.25) is 0 Å². The first-order valence-corrected chi connectivity index (χ1v) is 16.0. The highest BCUT2D eigenvalue weighted by atomic mass is 28.5. The predicted octanol–water partition coefficient (Wildman–Crippen LogP) is 1.96. The second-order valence-electron chi connectivity index (χ2n) is 5.39. The molecular weight excluding hydrogens is 296 g/mol. The van der Waals surface area contributed by atoms with Gasteiger partial charge in [0, 0.05) is 0 Å². The number of rotatable bonds is 0. The van der Waals surface area contributed by atoms with Crippen LogP contribution in [0.2, 0.25) is 39.3 Å². The van der Waals surface area contributed by atoms with E-state index in [1.165, 1.54) is 0 Å². The molecule has 0 unspecified atom stereocenters. The minimum atomic E-state index is -2.68. The topological polar surface area (TPSA) is 36.9 Å². The molecule has 4 nitrogen and oxygen atoms in total. The van der Waals surface area contributed by atoms with Crippen molar-refractivity contribution >= 4 is 34.2 Å². The van der Waals surface area contributed by atoms with Gasteiger partial charge in [0.15, 0.2) is 0 Å². The van der Waals surface area contributed by atoms with Gasteiger partial charge >= 0.3 is 34.2 Å². The Hall–Kier alpha value is -0.172.